The van der Waals surface area contributed by atoms with Crippen molar-refractivity contribution >= 4 is 33.7 Å². The summed E-state index contributed by atoms with van der Waals surface area (Å²) >= 11 is 0. The van der Waals surface area contributed by atoms with Gasteiger partial charge in [-0.1, -0.05) is 48.6 Å². The van der Waals surface area contributed by atoms with Crippen LogP contribution in [0.25, 0.3) is 27.8 Å². The van der Waals surface area contributed by atoms with E-state index >= 15 is 0 Å². The molecular weight excluding hydrogens is 431 g/mol. The zero-order valence-corrected chi connectivity index (χ0v) is 19.0. The van der Waals surface area contributed by atoms with Crippen LogP contribution in [-0.4, -0.2) is 28.8 Å². The van der Waals surface area contributed by atoms with Crippen LogP contribution in [0, 0.1) is 5.82 Å². The Morgan fingerprint density at radius 1 is 1.03 bits per heavy atom. The summed E-state index contributed by atoms with van der Waals surface area (Å²) in [5.74, 6) is -0.621. The third kappa shape index (κ3) is 5.13. The Bertz CT molecular complexity index is 1320. The van der Waals surface area contributed by atoms with Crippen LogP contribution >= 0.6 is 0 Å². The molecule has 0 aliphatic carbocycles. The highest BCUT2D eigenvalue weighted by molar-refractivity contribution is 6.02. The van der Waals surface area contributed by atoms with E-state index < -0.39 is 11.8 Å². The number of carboxylic acid groups (broad SMARTS) is 1. The Balaban J connectivity index is 1.56. The summed E-state index contributed by atoms with van der Waals surface area (Å²) in [4.78, 5) is 12.2. The van der Waals surface area contributed by atoms with Crippen LogP contribution in [0.15, 0.2) is 66.7 Å². The average Bonchev–Trinajstić information content (AvgIpc) is 3.14. The second-order valence-electron chi connectivity index (χ2n) is 8.25. The summed E-state index contributed by atoms with van der Waals surface area (Å²) < 4.78 is 21.8. The molecule has 0 spiro atoms. The highest BCUT2D eigenvalue weighted by atomic mass is 19.1. The molecule has 1 aromatic heterocycles. The third-order valence-electron chi connectivity index (χ3n) is 5.91. The van der Waals surface area contributed by atoms with E-state index in [0.29, 0.717) is 42.6 Å². The minimum absolute atomic E-state index is 0.167. The monoisotopic (exact) mass is 460 g/mol. The number of aromatic carboxylic acids is 1. The first-order chi connectivity index (χ1) is 16.6. The number of aromatic nitrogens is 1. The number of ether oxygens (including phenoxy) is 1. The molecule has 5 nitrogen and oxygen atoms in total. The van der Waals surface area contributed by atoms with Gasteiger partial charge in [0.25, 0.3) is 0 Å². The van der Waals surface area contributed by atoms with Crippen LogP contribution < -0.4 is 10.5 Å². The SMILES string of the molecule is NCCCC/C=C/c1c(C(=O)O)n(CCCOc2cccc3ccccc23)c2ccc(F)cc12. The van der Waals surface area contributed by atoms with Crippen molar-refractivity contribution in [3.63, 3.8) is 0 Å². The number of halogens is 1. The molecule has 0 aliphatic rings. The van der Waals surface area contributed by atoms with Crippen LogP contribution in [0.1, 0.15) is 41.7 Å². The van der Waals surface area contributed by atoms with Crippen LogP contribution in [0.3, 0.4) is 0 Å². The Hall–Kier alpha value is -3.64. The van der Waals surface area contributed by atoms with Crippen LogP contribution in [-0.2, 0) is 6.54 Å². The van der Waals surface area contributed by atoms with E-state index in [1.807, 2.05) is 48.5 Å². The first-order valence-corrected chi connectivity index (χ1v) is 11.6. The molecule has 0 saturated carbocycles. The summed E-state index contributed by atoms with van der Waals surface area (Å²) in [6, 6.07) is 18.4. The van der Waals surface area contributed by atoms with Crippen molar-refractivity contribution < 1.29 is 19.0 Å². The van der Waals surface area contributed by atoms with E-state index in [2.05, 4.69) is 0 Å². The Kier molecular flexibility index (Phi) is 7.60. The third-order valence-corrected chi connectivity index (χ3v) is 5.91. The first-order valence-electron chi connectivity index (χ1n) is 11.6. The Labute approximate surface area is 198 Å². The number of rotatable bonds is 11. The molecule has 0 aliphatic heterocycles. The number of hydrogen-bond acceptors (Lipinski definition) is 3. The minimum atomic E-state index is -1.03. The van der Waals surface area contributed by atoms with E-state index in [-0.39, 0.29) is 5.69 Å². The fraction of sp³-hybridized carbons (Fsp3) is 0.250. The lowest BCUT2D eigenvalue weighted by Crippen LogP contribution is -2.12. The number of benzene rings is 3. The molecule has 0 bridgehead atoms. The molecule has 0 saturated heterocycles. The number of carbonyl (C=O) groups is 1. The van der Waals surface area contributed by atoms with Gasteiger partial charge in [0.2, 0.25) is 0 Å². The Morgan fingerprint density at radius 2 is 1.85 bits per heavy atom. The molecule has 176 valence electrons. The lowest BCUT2D eigenvalue weighted by Gasteiger charge is -2.11. The molecule has 0 atom stereocenters. The Morgan fingerprint density at radius 3 is 2.68 bits per heavy atom. The van der Waals surface area contributed by atoms with Crippen molar-refractivity contribution in [2.75, 3.05) is 13.2 Å². The zero-order chi connectivity index (χ0) is 23.9. The second-order valence-corrected chi connectivity index (χ2v) is 8.25. The van der Waals surface area contributed by atoms with Crippen LogP contribution in [0.5, 0.6) is 5.75 Å². The molecule has 3 aromatic carbocycles. The number of hydrogen-bond donors (Lipinski definition) is 2. The van der Waals surface area contributed by atoms with E-state index in [1.165, 1.54) is 12.1 Å². The van der Waals surface area contributed by atoms with Gasteiger partial charge in [-0.2, -0.15) is 0 Å². The quantitative estimate of drug-likeness (QED) is 0.260. The largest absolute Gasteiger partial charge is 0.493 e. The summed E-state index contributed by atoms with van der Waals surface area (Å²) in [5, 5.41) is 12.8. The van der Waals surface area contributed by atoms with E-state index in [0.717, 1.165) is 35.8 Å². The first kappa shape index (κ1) is 23.5. The van der Waals surface area contributed by atoms with Crippen molar-refractivity contribution in [2.45, 2.75) is 32.2 Å². The van der Waals surface area contributed by atoms with Crippen LogP contribution in [0.4, 0.5) is 4.39 Å². The highest BCUT2D eigenvalue weighted by Gasteiger charge is 2.21. The van der Waals surface area contributed by atoms with Crippen molar-refractivity contribution in [3.05, 3.63) is 83.8 Å². The number of unbranched alkanes of at least 4 members (excludes halogenated alkanes) is 2. The van der Waals surface area contributed by atoms with Gasteiger partial charge >= 0.3 is 5.97 Å². The van der Waals surface area contributed by atoms with Gasteiger partial charge in [0, 0.05) is 28.4 Å². The molecule has 4 aromatic rings. The zero-order valence-electron chi connectivity index (χ0n) is 19.0. The lowest BCUT2D eigenvalue weighted by atomic mass is 10.1. The van der Waals surface area contributed by atoms with E-state index in [1.54, 1.807) is 16.7 Å². The highest BCUT2D eigenvalue weighted by Crippen LogP contribution is 2.30. The van der Waals surface area contributed by atoms with E-state index in [4.69, 9.17) is 10.5 Å². The van der Waals surface area contributed by atoms with Gasteiger partial charge in [0.1, 0.15) is 17.3 Å². The standard InChI is InChI=1S/C28H29FN2O3/c29-21-14-15-25-24(19-21)23(12-3-1-2-6-16-30)27(28(32)33)31(25)17-8-18-34-26-13-7-10-20-9-4-5-11-22(20)26/h3-5,7,9-15,19H,1-2,6,8,16-18,30H2,(H,32,33)/b12-3+. The fourth-order valence-corrected chi connectivity index (χ4v) is 4.32. The number of nitrogens with zero attached hydrogens (tertiary/aromatic N) is 1. The van der Waals surface area contributed by atoms with Crippen molar-refractivity contribution in [1.82, 2.24) is 4.57 Å². The molecular formula is C28H29FN2O3. The van der Waals surface area contributed by atoms with Gasteiger partial charge in [0.15, 0.2) is 0 Å². The normalized spacial score (nSPS) is 11.6. The molecule has 4 rings (SSSR count). The number of fused-ring (bicyclic) bond motifs is 2. The minimum Gasteiger partial charge on any atom is -0.493 e. The molecule has 0 unspecified atom stereocenters. The topological polar surface area (TPSA) is 77.5 Å². The smallest absolute Gasteiger partial charge is 0.353 e. The summed E-state index contributed by atoms with van der Waals surface area (Å²) in [6.45, 7) is 1.49. The number of allylic oxidation sites excluding steroid dienone is 1. The molecule has 34 heavy (non-hydrogen) atoms. The maximum atomic E-state index is 14.1. The summed E-state index contributed by atoms with van der Waals surface area (Å²) in [5.41, 5.74) is 6.94. The van der Waals surface area contributed by atoms with Gasteiger partial charge in [-0.3, -0.25) is 0 Å². The van der Waals surface area contributed by atoms with Crippen LogP contribution in [0.2, 0.25) is 0 Å². The van der Waals surface area contributed by atoms with Gasteiger partial charge in [-0.15, -0.1) is 0 Å². The molecule has 0 fully saturated rings. The lowest BCUT2D eigenvalue weighted by molar-refractivity contribution is 0.0685. The van der Waals surface area contributed by atoms with Crippen molar-refractivity contribution in [2.24, 2.45) is 5.73 Å². The molecule has 1 heterocycles. The molecule has 0 radical (unpaired) electrons. The number of nitrogens with two attached hydrogens (primary N) is 1. The predicted molar refractivity (Wildman–Crippen MR) is 135 cm³/mol. The van der Waals surface area contributed by atoms with Gasteiger partial charge in [-0.25, -0.2) is 9.18 Å². The summed E-state index contributed by atoms with van der Waals surface area (Å²) in [7, 11) is 0. The van der Waals surface area contributed by atoms with Gasteiger partial charge < -0.3 is 20.1 Å². The average molecular weight is 461 g/mol. The number of aryl methyl sites for hydroxylation is 1. The summed E-state index contributed by atoms with van der Waals surface area (Å²) in [6.07, 6.45) is 6.96. The molecule has 6 heteroatoms. The molecule has 3 N–H and O–H groups in total. The maximum Gasteiger partial charge on any atom is 0.353 e. The van der Waals surface area contributed by atoms with Gasteiger partial charge in [-0.05, 0) is 61.9 Å². The predicted octanol–water partition coefficient (Wildman–Crippen LogP) is 6.24. The van der Waals surface area contributed by atoms with Crippen molar-refractivity contribution in [1.29, 1.82) is 0 Å². The van der Waals surface area contributed by atoms with E-state index in [9.17, 15) is 14.3 Å². The second kappa shape index (κ2) is 11.0. The van der Waals surface area contributed by atoms with Crippen molar-refractivity contribution in [3.8, 4) is 5.75 Å². The fourth-order valence-electron chi connectivity index (χ4n) is 4.32. The maximum absolute atomic E-state index is 14.1. The van der Waals surface area contributed by atoms with Gasteiger partial charge in [0.05, 0.1) is 6.61 Å². The number of carboxylic acids is 1. The molecule has 0 amide bonds.